The minimum absolute atomic E-state index is 0.0756. The molecule has 1 fully saturated rings. The summed E-state index contributed by atoms with van der Waals surface area (Å²) in [4.78, 5) is 0. The molecule has 0 N–H and O–H groups in total. The zero-order valence-corrected chi connectivity index (χ0v) is 11.5. The van der Waals surface area contributed by atoms with Gasteiger partial charge in [0.1, 0.15) is 11.4 Å². The molecule has 2 rings (SSSR count). The second kappa shape index (κ2) is 6.08. The molecule has 1 saturated carbocycles. The van der Waals surface area contributed by atoms with E-state index in [0.29, 0.717) is 0 Å². The van der Waals surface area contributed by atoms with Gasteiger partial charge in [0.15, 0.2) is 0 Å². The van der Waals surface area contributed by atoms with E-state index in [1.165, 1.54) is 38.5 Å². The monoisotopic (exact) mass is 244 g/mol. The summed E-state index contributed by atoms with van der Waals surface area (Å²) < 4.78 is 6.34. The molecule has 1 aromatic rings. The second-order valence-electron chi connectivity index (χ2n) is 5.33. The van der Waals surface area contributed by atoms with Gasteiger partial charge in [0, 0.05) is 0 Å². The maximum absolute atomic E-state index is 6.34. The van der Waals surface area contributed by atoms with E-state index in [-0.39, 0.29) is 5.60 Å². The lowest BCUT2D eigenvalue weighted by molar-refractivity contribution is 0.0484. The third kappa shape index (κ3) is 3.16. The van der Waals surface area contributed by atoms with Crippen molar-refractivity contribution in [2.24, 2.45) is 0 Å². The van der Waals surface area contributed by atoms with E-state index < -0.39 is 0 Å². The van der Waals surface area contributed by atoms with E-state index in [1.807, 2.05) is 6.08 Å². The fraction of sp³-hybridized carbons (Fsp3) is 0.529. The molecule has 98 valence electrons. The highest BCUT2D eigenvalue weighted by atomic mass is 16.5. The van der Waals surface area contributed by atoms with Crippen LogP contribution in [0.5, 0.6) is 5.75 Å². The van der Waals surface area contributed by atoms with Crippen molar-refractivity contribution in [2.45, 2.75) is 57.5 Å². The van der Waals surface area contributed by atoms with Gasteiger partial charge in [-0.3, -0.25) is 0 Å². The summed E-state index contributed by atoms with van der Waals surface area (Å²) in [7, 11) is 0. The summed E-state index contributed by atoms with van der Waals surface area (Å²) in [6.45, 7) is 6.03. The molecule has 1 aromatic carbocycles. The Bertz CT molecular complexity index is 369. The third-order valence-electron chi connectivity index (χ3n) is 4.11. The molecule has 0 amide bonds. The molecule has 1 heteroatoms. The van der Waals surface area contributed by atoms with Gasteiger partial charge in [-0.05, 0) is 49.8 Å². The highest BCUT2D eigenvalue weighted by molar-refractivity contribution is 5.48. The predicted molar refractivity (Wildman–Crippen MR) is 77.9 cm³/mol. The van der Waals surface area contributed by atoms with E-state index in [2.05, 4.69) is 37.8 Å². The first-order valence-electron chi connectivity index (χ1n) is 7.19. The van der Waals surface area contributed by atoms with Crippen LogP contribution >= 0.6 is 0 Å². The standard InChI is InChI=1S/C17H24O/c1-3-15-9-11-16(12-10-15)18-17(4-2)13-7-5-6-8-14-17/h3,9-12H,1,4-8,13-14H2,2H3. The normalized spacial score (nSPS) is 18.9. The van der Waals surface area contributed by atoms with Crippen molar-refractivity contribution < 1.29 is 4.74 Å². The van der Waals surface area contributed by atoms with Crippen molar-refractivity contribution in [1.29, 1.82) is 0 Å². The Morgan fingerprint density at radius 2 is 1.72 bits per heavy atom. The van der Waals surface area contributed by atoms with Gasteiger partial charge in [-0.1, -0.05) is 44.6 Å². The molecular formula is C17H24O. The van der Waals surface area contributed by atoms with Crippen LogP contribution in [0, 0.1) is 0 Å². The first-order chi connectivity index (χ1) is 8.78. The van der Waals surface area contributed by atoms with Gasteiger partial charge in [0.05, 0.1) is 0 Å². The average molecular weight is 244 g/mol. The summed E-state index contributed by atoms with van der Waals surface area (Å²) in [5.74, 6) is 1.00. The highest BCUT2D eigenvalue weighted by Crippen LogP contribution is 2.34. The highest BCUT2D eigenvalue weighted by Gasteiger charge is 2.30. The van der Waals surface area contributed by atoms with Crippen molar-refractivity contribution in [2.75, 3.05) is 0 Å². The molecule has 18 heavy (non-hydrogen) atoms. The van der Waals surface area contributed by atoms with Crippen molar-refractivity contribution in [3.05, 3.63) is 36.4 Å². The van der Waals surface area contributed by atoms with Crippen LogP contribution in [-0.4, -0.2) is 5.60 Å². The fourth-order valence-electron chi connectivity index (χ4n) is 2.82. The molecule has 0 bridgehead atoms. The summed E-state index contributed by atoms with van der Waals surface area (Å²) in [5.41, 5.74) is 1.22. The van der Waals surface area contributed by atoms with Gasteiger partial charge in [-0.2, -0.15) is 0 Å². The van der Waals surface area contributed by atoms with Crippen molar-refractivity contribution in [3.8, 4) is 5.75 Å². The van der Waals surface area contributed by atoms with E-state index in [9.17, 15) is 0 Å². The Balaban J connectivity index is 2.10. The van der Waals surface area contributed by atoms with E-state index in [4.69, 9.17) is 4.74 Å². The van der Waals surface area contributed by atoms with Crippen molar-refractivity contribution in [1.82, 2.24) is 0 Å². The van der Waals surface area contributed by atoms with Crippen LogP contribution in [-0.2, 0) is 0 Å². The Hall–Kier alpha value is -1.24. The van der Waals surface area contributed by atoms with E-state index >= 15 is 0 Å². The molecule has 1 nitrogen and oxygen atoms in total. The summed E-state index contributed by atoms with van der Waals surface area (Å²) in [5, 5.41) is 0. The number of ether oxygens (including phenoxy) is 1. The molecule has 0 unspecified atom stereocenters. The Morgan fingerprint density at radius 1 is 1.11 bits per heavy atom. The van der Waals surface area contributed by atoms with E-state index in [1.54, 1.807) is 0 Å². The van der Waals surface area contributed by atoms with Gasteiger partial charge < -0.3 is 4.74 Å². The summed E-state index contributed by atoms with van der Waals surface area (Å²) >= 11 is 0. The minimum atomic E-state index is 0.0756. The van der Waals surface area contributed by atoms with Crippen molar-refractivity contribution >= 4 is 6.08 Å². The lowest BCUT2D eigenvalue weighted by atomic mass is 9.91. The molecule has 1 aliphatic carbocycles. The van der Waals surface area contributed by atoms with Gasteiger partial charge in [-0.25, -0.2) is 0 Å². The largest absolute Gasteiger partial charge is 0.487 e. The van der Waals surface area contributed by atoms with Crippen LogP contribution in [0.1, 0.15) is 57.4 Å². The van der Waals surface area contributed by atoms with Crippen LogP contribution in [0.15, 0.2) is 30.8 Å². The molecule has 0 heterocycles. The molecular weight excluding hydrogens is 220 g/mol. The van der Waals surface area contributed by atoms with Gasteiger partial charge in [-0.15, -0.1) is 0 Å². The Labute approximate surface area is 111 Å². The van der Waals surface area contributed by atoms with Gasteiger partial charge in [0.25, 0.3) is 0 Å². The maximum Gasteiger partial charge on any atom is 0.120 e. The molecule has 1 aliphatic rings. The summed E-state index contributed by atoms with van der Waals surface area (Å²) in [6, 6.07) is 8.28. The number of hydrogen-bond acceptors (Lipinski definition) is 1. The SMILES string of the molecule is C=Cc1ccc(OC2(CC)CCCCCC2)cc1. The van der Waals surface area contributed by atoms with Crippen LogP contribution < -0.4 is 4.74 Å². The van der Waals surface area contributed by atoms with Crippen LogP contribution in [0.25, 0.3) is 6.08 Å². The fourth-order valence-corrected chi connectivity index (χ4v) is 2.82. The molecule has 0 aliphatic heterocycles. The van der Waals surface area contributed by atoms with Crippen LogP contribution in [0.2, 0.25) is 0 Å². The Morgan fingerprint density at radius 3 is 2.22 bits per heavy atom. The topological polar surface area (TPSA) is 9.23 Å². The average Bonchev–Trinajstić information content (AvgIpc) is 2.66. The maximum atomic E-state index is 6.34. The second-order valence-corrected chi connectivity index (χ2v) is 5.33. The lowest BCUT2D eigenvalue weighted by Gasteiger charge is -2.32. The number of hydrogen-bond donors (Lipinski definition) is 0. The smallest absolute Gasteiger partial charge is 0.120 e. The van der Waals surface area contributed by atoms with Gasteiger partial charge in [0.2, 0.25) is 0 Å². The van der Waals surface area contributed by atoms with Gasteiger partial charge >= 0.3 is 0 Å². The molecule has 0 radical (unpaired) electrons. The lowest BCUT2D eigenvalue weighted by Crippen LogP contribution is -2.34. The number of rotatable bonds is 4. The molecule has 0 aromatic heterocycles. The first-order valence-corrected chi connectivity index (χ1v) is 7.19. The van der Waals surface area contributed by atoms with Crippen LogP contribution in [0.3, 0.4) is 0 Å². The quantitative estimate of drug-likeness (QED) is 0.660. The Kier molecular flexibility index (Phi) is 4.46. The third-order valence-corrected chi connectivity index (χ3v) is 4.11. The van der Waals surface area contributed by atoms with E-state index in [0.717, 1.165) is 17.7 Å². The predicted octanol–water partition coefficient (Wildman–Crippen LogP) is 5.21. The molecule has 0 spiro atoms. The molecule has 0 atom stereocenters. The zero-order valence-electron chi connectivity index (χ0n) is 11.5. The minimum Gasteiger partial charge on any atom is -0.487 e. The number of benzene rings is 1. The molecule has 0 saturated heterocycles. The van der Waals surface area contributed by atoms with Crippen molar-refractivity contribution in [3.63, 3.8) is 0 Å². The zero-order chi connectivity index (χ0) is 12.8. The first kappa shape index (κ1) is 13.2. The van der Waals surface area contributed by atoms with Crippen LogP contribution in [0.4, 0.5) is 0 Å². The summed E-state index contributed by atoms with van der Waals surface area (Å²) in [6.07, 6.45) is 10.7.